The summed E-state index contributed by atoms with van der Waals surface area (Å²) in [6, 6.07) is 11.2. The van der Waals surface area contributed by atoms with Gasteiger partial charge in [-0.3, -0.25) is 10.1 Å². The molecule has 2 aromatic rings. The monoisotopic (exact) mass is 334 g/mol. The molecule has 0 bridgehead atoms. The van der Waals surface area contributed by atoms with E-state index in [9.17, 15) is 10.1 Å². The lowest BCUT2D eigenvalue weighted by Crippen LogP contribution is -2.03. The highest BCUT2D eigenvalue weighted by Crippen LogP contribution is 2.24. The van der Waals surface area contributed by atoms with Gasteiger partial charge in [-0.05, 0) is 37.1 Å². The molecule has 0 heterocycles. The van der Waals surface area contributed by atoms with Crippen LogP contribution in [-0.4, -0.2) is 4.92 Å². The van der Waals surface area contributed by atoms with Gasteiger partial charge >= 0.3 is 0 Å². The minimum Gasteiger partial charge on any atom is -0.381 e. The molecule has 0 spiro atoms. The molecular weight excluding hydrogens is 320 g/mol. The van der Waals surface area contributed by atoms with Crippen LogP contribution in [0.1, 0.15) is 16.7 Å². The van der Waals surface area contributed by atoms with Crippen LogP contribution in [0.25, 0.3) is 0 Å². The summed E-state index contributed by atoms with van der Waals surface area (Å²) >= 11 is 3.49. The molecule has 0 aliphatic heterocycles. The minimum atomic E-state index is -0.346. The number of rotatable bonds is 4. The van der Waals surface area contributed by atoms with Crippen molar-refractivity contribution >= 4 is 27.3 Å². The van der Waals surface area contributed by atoms with Gasteiger partial charge < -0.3 is 5.32 Å². The fourth-order valence-corrected chi connectivity index (χ4v) is 2.34. The van der Waals surface area contributed by atoms with Crippen molar-refractivity contribution in [2.24, 2.45) is 0 Å². The normalized spacial score (nSPS) is 10.3. The Morgan fingerprint density at radius 2 is 2.00 bits per heavy atom. The molecule has 0 aliphatic carbocycles. The quantitative estimate of drug-likeness (QED) is 0.657. The summed E-state index contributed by atoms with van der Waals surface area (Å²) in [5.74, 6) is 0. The van der Waals surface area contributed by atoms with Gasteiger partial charge in [-0.25, -0.2) is 0 Å². The van der Waals surface area contributed by atoms with Gasteiger partial charge in [-0.2, -0.15) is 0 Å². The molecule has 2 aromatic carbocycles. The summed E-state index contributed by atoms with van der Waals surface area (Å²) in [7, 11) is 0. The zero-order valence-electron chi connectivity index (χ0n) is 11.3. The van der Waals surface area contributed by atoms with Crippen LogP contribution < -0.4 is 5.32 Å². The van der Waals surface area contributed by atoms with Gasteiger partial charge in [0, 0.05) is 28.3 Å². The number of benzene rings is 2. The highest BCUT2D eigenvalue weighted by molar-refractivity contribution is 9.10. The molecule has 0 aliphatic rings. The Morgan fingerprint density at radius 1 is 1.25 bits per heavy atom. The van der Waals surface area contributed by atoms with E-state index in [1.807, 2.05) is 31.2 Å². The third-order valence-corrected chi connectivity index (χ3v) is 4.12. The van der Waals surface area contributed by atoms with E-state index in [1.54, 1.807) is 13.0 Å². The highest BCUT2D eigenvalue weighted by atomic mass is 79.9. The van der Waals surface area contributed by atoms with Crippen molar-refractivity contribution < 1.29 is 4.92 Å². The molecule has 5 heteroatoms. The first-order valence-electron chi connectivity index (χ1n) is 6.22. The molecule has 0 saturated carbocycles. The fourth-order valence-electron chi connectivity index (χ4n) is 1.96. The van der Waals surface area contributed by atoms with Crippen molar-refractivity contribution in [2.45, 2.75) is 20.4 Å². The number of hydrogen-bond donors (Lipinski definition) is 1. The van der Waals surface area contributed by atoms with Crippen LogP contribution in [0.15, 0.2) is 40.9 Å². The number of nitro groups is 1. The van der Waals surface area contributed by atoms with Gasteiger partial charge in [0.25, 0.3) is 5.69 Å². The van der Waals surface area contributed by atoms with Crippen molar-refractivity contribution in [2.75, 3.05) is 5.32 Å². The molecule has 0 saturated heterocycles. The Kier molecular flexibility index (Phi) is 4.39. The lowest BCUT2D eigenvalue weighted by Gasteiger charge is -2.10. The third kappa shape index (κ3) is 3.17. The standard InChI is InChI=1S/C15H15BrN2O2/c1-10-6-7-13(8-14(10)16)17-9-12-4-3-5-15(11(12)2)18(19)20/h3-8,17H,9H2,1-2H3. The zero-order valence-corrected chi connectivity index (χ0v) is 12.9. The third-order valence-electron chi connectivity index (χ3n) is 3.27. The molecule has 0 radical (unpaired) electrons. The Hall–Kier alpha value is -1.88. The van der Waals surface area contributed by atoms with Crippen LogP contribution >= 0.6 is 15.9 Å². The maximum Gasteiger partial charge on any atom is 0.272 e. The lowest BCUT2D eigenvalue weighted by molar-refractivity contribution is -0.385. The first-order valence-corrected chi connectivity index (χ1v) is 7.01. The van der Waals surface area contributed by atoms with Gasteiger partial charge in [0.05, 0.1) is 4.92 Å². The summed E-state index contributed by atoms with van der Waals surface area (Å²) in [6.45, 7) is 4.36. The smallest absolute Gasteiger partial charge is 0.272 e. The van der Waals surface area contributed by atoms with Crippen molar-refractivity contribution in [3.8, 4) is 0 Å². The van der Waals surface area contributed by atoms with Gasteiger partial charge in [-0.1, -0.05) is 34.1 Å². The van der Waals surface area contributed by atoms with E-state index in [2.05, 4.69) is 21.2 Å². The van der Waals surface area contributed by atoms with E-state index in [0.29, 0.717) is 12.1 Å². The van der Waals surface area contributed by atoms with Gasteiger partial charge in [0.1, 0.15) is 0 Å². The van der Waals surface area contributed by atoms with Crippen LogP contribution in [-0.2, 0) is 6.54 Å². The molecule has 0 fully saturated rings. The molecule has 4 nitrogen and oxygen atoms in total. The molecule has 0 aromatic heterocycles. The van der Waals surface area contributed by atoms with Crippen molar-refractivity contribution in [1.82, 2.24) is 0 Å². The first kappa shape index (κ1) is 14.5. The van der Waals surface area contributed by atoms with Crippen LogP contribution in [0.2, 0.25) is 0 Å². The molecule has 2 rings (SSSR count). The van der Waals surface area contributed by atoms with E-state index < -0.39 is 0 Å². The van der Waals surface area contributed by atoms with E-state index in [0.717, 1.165) is 15.7 Å². The molecule has 0 atom stereocenters. The fraction of sp³-hybridized carbons (Fsp3) is 0.200. The van der Waals surface area contributed by atoms with Gasteiger partial charge in [0.2, 0.25) is 0 Å². The van der Waals surface area contributed by atoms with E-state index in [4.69, 9.17) is 0 Å². The molecule has 104 valence electrons. The second kappa shape index (κ2) is 6.05. The summed E-state index contributed by atoms with van der Waals surface area (Å²) in [4.78, 5) is 10.6. The van der Waals surface area contributed by atoms with E-state index >= 15 is 0 Å². The molecule has 1 N–H and O–H groups in total. The number of nitrogens with zero attached hydrogens (tertiary/aromatic N) is 1. The Labute approximate surface area is 126 Å². The average Bonchev–Trinajstić information content (AvgIpc) is 2.41. The number of nitro benzene ring substituents is 1. The highest BCUT2D eigenvalue weighted by Gasteiger charge is 2.12. The minimum absolute atomic E-state index is 0.161. The second-order valence-corrected chi connectivity index (χ2v) is 5.49. The number of hydrogen-bond acceptors (Lipinski definition) is 3. The van der Waals surface area contributed by atoms with Crippen molar-refractivity contribution in [1.29, 1.82) is 0 Å². The Morgan fingerprint density at radius 3 is 2.65 bits per heavy atom. The van der Waals surface area contributed by atoms with Crippen molar-refractivity contribution in [3.63, 3.8) is 0 Å². The maximum atomic E-state index is 10.9. The summed E-state index contributed by atoms with van der Waals surface area (Å²) < 4.78 is 1.04. The zero-order chi connectivity index (χ0) is 14.7. The van der Waals surface area contributed by atoms with E-state index in [-0.39, 0.29) is 10.6 Å². The topological polar surface area (TPSA) is 55.2 Å². The van der Waals surface area contributed by atoms with Gasteiger partial charge in [0.15, 0.2) is 0 Å². The summed E-state index contributed by atoms with van der Waals surface area (Å²) in [5, 5.41) is 14.2. The predicted octanol–water partition coefficient (Wildman–Crippen LogP) is 4.59. The molecule has 20 heavy (non-hydrogen) atoms. The van der Waals surface area contributed by atoms with E-state index in [1.165, 1.54) is 11.6 Å². The Bertz CT molecular complexity index is 656. The van der Waals surface area contributed by atoms with Crippen LogP contribution in [0.3, 0.4) is 0 Å². The van der Waals surface area contributed by atoms with Crippen LogP contribution in [0.5, 0.6) is 0 Å². The SMILES string of the molecule is Cc1ccc(NCc2cccc([N+](=O)[O-])c2C)cc1Br. The lowest BCUT2D eigenvalue weighted by atomic mass is 10.1. The number of anilines is 1. The van der Waals surface area contributed by atoms with Crippen LogP contribution in [0, 0.1) is 24.0 Å². The van der Waals surface area contributed by atoms with Crippen molar-refractivity contribution in [3.05, 3.63) is 67.7 Å². The van der Waals surface area contributed by atoms with Crippen LogP contribution in [0.4, 0.5) is 11.4 Å². The second-order valence-electron chi connectivity index (χ2n) is 4.64. The number of aryl methyl sites for hydroxylation is 1. The predicted molar refractivity (Wildman–Crippen MR) is 84.0 cm³/mol. The number of nitrogens with one attached hydrogen (secondary N) is 1. The number of halogens is 1. The summed E-state index contributed by atoms with van der Waals surface area (Å²) in [5.41, 5.74) is 3.94. The first-order chi connectivity index (χ1) is 9.49. The summed E-state index contributed by atoms with van der Waals surface area (Å²) in [6.07, 6.45) is 0. The molecule has 0 unspecified atom stereocenters. The largest absolute Gasteiger partial charge is 0.381 e. The average molecular weight is 335 g/mol. The maximum absolute atomic E-state index is 10.9. The van der Waals surface area contributed by atoms with Gasteiger partial charge in [-0.15, -0.1) is 0 Å². The molecule has 0 amide bonds. The Balaban J connectivity index is 2.17. The molecular formula is C15H15BrN2O2.